The van der Waals surface area contributed by atoms with Gasteiger partial charge in [0.1, 0.15) is 0 Å². The maximum absolute atomic E-state index is 5.88. The van der Waals surface area contributed by atoms with Gasteiger partial charge in [0.25, 0.3) is 0 Å². The zero-order valence-electron chi connectivity index (χ0n) is 9.87. The summed E-state index contributed by atoms with van der Waals surface area (Å²) in [7, 11) is 0. The van der Waals surface area contributed by atoms with E-state index >= 15 is 0 Å². The van der Waals surface area contributed by atoms with Crippen LogP contribution in [0, 0.1) is 6.26 Å². The van der Waals surface area contributed by atoms with E-state index in [0.717, 1.165) is 0 Å². The molecule has 0 aromatic heterocycles. The molecule has 0 bridgehead atoms. The standard InChI is InChI=1S/C14H18S/c1-13(2)10-8-6-7-9-11(10)14(3,4)12(13)15-5/h5-9,12H,1-4H3/q-1. The van der Waals surface area contributed by atoms with Gasteiger partial charge in [0, 0.05) is 10.8 Å². The molecule has 0 unspecified atom stereocenters. The molecule has 0 nitrogen and oxygen atoms in total. The summed E-state index contributed by atoms with van der Waals surface area (Å²) in [6.07, 6.45) is 5.88. The largest absolute Gasteiger partial charge is 0.428 e. The van der Waals surface area contributed by atoms with Crippen molar-refractivity contribution >= 4 is 11.8 Å². The molecule has 0 heterocycles. The minimum absolute atomic E-state index is 0.166. The van der Waals surface area contributed by atoms with Crippen LogP contribution < -0.4 is 0 Å². The predicted octanol–water partition coefficient (Wildman–Crippen LogP) is 4.03. The van der Waals surface area contributed by atoms with Crippen LogP contribution in [0.4, 0.5) is 0 Å². The Labute approximate surface area is 97.5 Å². The summed E-state index contributed by atoms with van der Waals surface area (Å²) in [6, 6.07) is 8.74. The van der Waals surface area contributed by atoms with E-state index in [0.29, 0.717) is 5.25 Å². The van der Waals surface area contributed by atoms with Crippen molar-refractivity contribution in [2.45, 2.75) is 43.8 Å². The van der Waals surface area contributed by atoms with E-state index in [1.165, 1.54) is 22.9 Å². The van der Waals surface area contributed by atoms with Crippen LogP contribution in [-0.4, -0.2) is 5.25 Å². The SMILES string of the molecule is [CH-]SC1C(C)(C)c2ccccc2C1(C)C. The van der Waals surface area contributed by atoms with E-state index in [-0.39, 0.29) is 10.8 Å². The molecule has 0 spiro atoms. The summed E-state index contributed by atoms with van der Waals surface area (Å²) >= 11 is 1.50. The molecule has 0 saturated heterocycles. The Morgan fingerprint density at radius 2 is 1.40 bits per heavy atom. The molecule has 0 aliphatic heterocycles. The van der Waals surface area contributed by atoms with Crippen molar-refractivity contribution in [3.05, 3.63) is 41.6 Å². The third-order valence-corrected chi connectivity index (χ3v) is 5.21. The van der Waals surface area contributed by atoms with Gasteiger partial charge in [-0.3, -0.25) is 0 Å². The van der Waals surface area contributed by atoms with Crippen LogP contribution in [-0.2, 0) is 10.8 Å². The number of thioether (sulfide) groups is 1. The highest BCUT2D eigenvalue weighted by atomic mass is 32.2. The molecule has 1 radical (unpaired) electrons. The average molecular weight is 218 g/mol. The molecular formula is C14H18S-. The normalized spacial score (nSPS) is 22.7. The topological polar surface area (TPSA) is 0 Å². The smallest absolute Gasteiger partial charge is 0.0000775 e. The zero-order valence-corrected chi connectivity index (χ0v) is 10.7. The number of hydrogen-bond donors (Lipinski definition) is 0. The molecule has 15 heavy (non-hydrogen) atoms. The fraction of sp³-hybridized carbons (Fsp3) is 0.500. The van der Waals surface area contributed by atoms with E-state index < -0.39 is 0 Å². The van der Waals surface area contributed by atoms with E-state index in [9.17, 15) is 0 Å². The minimum Gasteiger partial charge on any atom is -0.428 e. The van der Waals surface area contributed by atoms with E-state index in [1.54, 1.807) is 0 Å². The van der Waals surface area contributed by atoms with Crippen LogP contribution in [0.3, 0.4) is 0 Å². The Kier molecular flexibility index (Phi) is 2.42. The van der Waals surface area contributed by atoms with Gasteiger partial charge in [-0.1, -0.05) is 52.0 Å². The first-order valence-electron chi connectivity index (χ1n) is 5.38. The van der Waals surface area contributed by atoms with Crippen LogP contribution in [0.25, 0.3) is 0 Å². The predicted molar refractivity (Wildman–Crippen MR) is 68.2 cm³/mol. The summed E-state index contributed by atoms with van der Waals surface area (Å²) in [4.78, 5) is 0. The number of benzene rings is 1. The molecule has 0 amide bonds. The van der Waals surface area contributed by atoms with E-state index in [4.69, 9.17) is 6.26 Å². The first-order valence-corrected chi connectivity index (χ1v) is 6.32. The van der Waals surface area contributed by atoms with Crippen LogP contribution in [0.5, 0.6) is 0 Å². The zero-order chi connectivity index (χ0) is 11.3. The number of rotatable bonds is 1. The minimum atomic E-state index is 0.166. The van der Waals surface area contributed by atoms with Gasteiger partial charge in [-0.05, 0) is 16.4 Å². The highest BCUT2D eigenvalue weighted by Gasteiger charge is 2.48. The van der Waals surface area contributed by atoms with Crippen molar-refractivity contribution < 1.29 is 0 Å². The van der Waals surface area contributed by atoms with Gasteiger partial charge < -0.3 is 18.0 Å². The highest BCUT2D eigenvalue weighted by Crippen LogP contribution is 2.54. The van der Waals surface area contributed by atoms with Crippen molar-refractivity contribution in [2.24, 2.45) is 0 Å². The number of hydrogen-bond acceptors (Lipinski definition) is 1. The van der Waals surface area contributed by atoms with Crippen LogP contribution in [0.2, 0.25) is 0 Å². The lowest BCUT2D eigenvalue weighted by Gasteiger charge is -2.38. The van der Waals surface area contributed by atoms with Gasteiger partial charge in [-0.2, -0.15) is 0 Å². The van der Waals surface area contributed by atoms with Crippen molar-refractivity contribution in [3.63, 3.8) is 0 Å². The molecule has 1 heteroatoms. The van der Waals surface area contributed by atoms with Gasteiger partial charge in [0.15, 0.2) is 0 Å². The Bertz CT molecular complexity index is 342. The number of fused-ring (bicyclic) bond motifs is 1. The molecular weight excluding hydrogens is 200 g/mol. The second-order valence-electron chi connectivity index (χ2n) is 5.51. The molecule has 0 saturated carbocycles. The van der Waals surface area contributed by atoms with E-state index in [2.05, 4.69) is 52.0 Å². The second-order valence-corrected chi connectivity index (χ2v) is 6.25. The third kappa shape index (κ3) is 1.36. The summed E-state index contributed by atoms with van der Waals surface area (Å²) in [5.41, 5.74) is 3.25. The molecule has 1 aliphatic rings. The monoisotopic (exact) mass is 218 g/mol. The van der Waals surface area contributed by atoms with Gasteiger partial charge in [0.05, 0.1) is 0 Å². The molecule has 1 aromatic carbocycles. The molecule has 0 fully saturated rings. The molecule has 0 N–H and O–H groups in total. The maximum Gasteiger partial charge on any atom is 0.0000775 e. The van der Waals surface area contributed by atoms with Crippen LogP contribution in [0.1, 0.15) is 38.8 Å². The molecule has 81 valence electrons. The maximum atomic E-state index is 5.88. The van der Waals surface area contributed by atoms with Crippen molar-refractivity contribution in [3.8, 4) is 0 Å². The van der Waals surface area contributed by atoms with E-state index in [1.807, 2.05) is 0 Å². The Morgan fingerprint density at radius 3 is 1.73 bits per heavy atom. The fourth-order valence-electron chi connectivity index (χ4n) is 3.13. The lowest BCUT2D eigenvalue weighted by atomic mass is 9.81. The first-order chi connectivity index (χ1) is 6.92. The lowest BCUT2D eigenvalue weighted by Crippen LogP contribution is -2.36. The van der Waals surface area contributed by atoms with Gasteiger partial charge in [-0.25, -0.2) is 0 Å². The van der Waals surface area contributed by atoms with Crippen LogP contribution in [0.15, 0.2) is 24.3 Å². The van der Waals surface area contributed by atoms with Gasteiger partial charge in [0.2, 0.25) is 0 Å². The van der Waals surface area contributed by atoms with Crippen molar-refractivity contribution in [1.29, 1.82) is 0 Å². The quantitative estimate of drug-likeness (QED) is 0.641. The molecule has 0 atom stereocenters. The summed E-state index contributed by atoms with van der Waals surface area (Å²) in [6.45, 7) is 9.19. The Hall–Kier alpha value is -0.430. The summed E-state index contributed by atoms with van der Waals surface area (Å²) < 4.78 is 0. The highest BCUT2D eigenvalue weighted by molar-refractivity contribution is 8.01. The molecule has 1 aliphatic carbocycles. The van der Waals surface area contributed by atoms with Crippen molar-refractivity contribution in [1.82, 2.24) is 0 Å². The second kappa shape index (κ2) is 3.28. The first kappa shape index (κ1) is 11.1. The summed E-state index contributed by atoms with van der Waals surface area (Å²) in [5.74, 6) is 0. The van der Waals surface area contributed by atoms with Gasteiger partial charge in [-0.15, -0.1) is 0 Å². The van der Waals surface area contributed by atoms with Crippen LogP contribution >= 0.6 is 11.8 Å². The Morgan fingerprint density at radius 1 is 1.00 bits per heavy atom. The average Bonchev–Trinajstić information content (AvgIpc) is 2.32. The van der Waals surface area contributed by atoms with Crippen molar-refractivity contribution in [2.75, 3.05) is 0 Å². The fourth-order valence-corrected chi connectivity index (χ4v) is 4.07. The van der Waals surface area contributed by atoms with Gasteiger partial charge >= 0.3 is 0 Å². The lowest BCUT2D eigenvalue weighted by molar-refractivity contribution is 0.421. The third-order valence-electron chi connectivity index (χ3n) is 3.76. The Balaban J connectivity index is 2.65. The summed E-state index contributed by atoms with van der Waals surface area (Å²) in [5, 5.41) is 0.447. The molecule has 1 aromatic rings. The molecule has 2 rings (SSSR count).